The van der Waals surface area contributed by atoms with E-state index in [-0.39, 0.29) is 6.04 Å². The highest BCUT2D eigenvalue weighted by molar-refractivity contribution is 7.09. The molecule has 0 bridgehead atoms. The molecule has 0 radical (unpaired) electrons. The van der Waals surface area contributed by atoms with Crippen LogP contribution in [0, 0.1) is 0 Å². The largest absolute Gasteiger partial charge is 0.374 e. The number of hydrogen-bond acceptors (Lipinski definition) is 3. The van der Waals surface area contributed by atoms with Gasteiger partial charge in [0.25, 0.3) is 0 Å². The Morgan fingerprint density at radius 3 is 2.53 bits per heavy atom. The summed E-state index contributed by atoms with van der Waals surface area (Å²) in [4.78, 5) is 3.73. The maximum atomic E-state index is 6.03. The van der Waals surface area contributed by atoms with Crippen LogP contribution in [0.5, 0.6) is 0 Å². The van der Waals surface area contributed by atoms with E-state index in [2.05, 4.69) is 60.6 Å². The summed E-state index contributed by atoms with van der Waals surface area (Å²) in [7, 11) is 2.14. The topological polar surface area (TPSA) is 29.3 Å². The second kappa shape index (κ2) is 6.73. The minimum atomic E-state index is 0.158. The van der Waals surface area contributed by atoms with Gasteiger partial charge < -0.3 is 10.6 Å². The molecule has 1 aromatic heterocycles. The molecule has 19 heavy (non-hydrogen) atoms. The quantitative estimate of drug-likeness (QED) is 0.867. The van der Waals surface area contributed by atoms with Crippen LogP contribution in [0.3, 0.4) is 0 Å². The Morgan fingerprint density at radius 2 is 1.95 bits per heavy atom. The summed E-state index contributed by atoms with van der Waals surface area (Å²) in [5.41, 5.74) is 8.50. The van der Waals surface area contributed by atoms with Crippen LogP contribution >= 0.6 is 11.3 Å². The fourth-order valence-electron chi connectivity index (χ4n) is 2.07. The van der Waals surface area contributed by atoms with E-state index in [9.17, 15) is 0 Å². The van der Waals surface area contributed by atoms with Crippen molar-refractivity contribution < 1.29 is 0 Å². The normalized spacial score (nSPS) is 12.4. The predicted octanol–water partition coefficient (Wildman–Crippen LogP) is 3.84. The molecule has 0 saturated carbocycles. The molecule has 0 spiro atoms. The highest BCUT2D eigenvalue weighted by atomic mass is 32.1. The number of nitrogens with zero attached hydrogens (tertiary/aromatic N) is 1. The van der Waals surface area contributed by atoms with E-state index >= 15 is 0 Å². The van der Waals surface area contributed by atoms with E-state index in [4.69, 9.17) is 5.73 Å². The van der Waals surface area contributed by atoms with E-state index in [1.54, 1.807) is 0 Å². The van der Waals surface area contributed by atoms with Crippen LogP contribution in [0.2, 0.25) is 0 Å². The molecule has 2 aromatic rings. The molecule has 2 N–H and O–H groups in total. The van der Waals surface area contributed by atoms with E-state index in [1.165, 1.54) is 16.1 Å². The predicted molar refractivity (Wildman–Crippen MR) is 85.0 cm³/mol. The molecule has 1 aromatic carbocycles. The van der Waals surface area contributed by atoms with Crippen molar-refractivity contribution >= 4 is 17.0 Å². The summed E-state index contributed by atoms with van der Waals surface area (Å²) in [5.74, 6) is 0. The Labute approximate surface area is 119 Å². The van der Waals surface area contributed by atoms with Crippen molar-refractivity contribution in [3.63, 3.8) is 0 Å². The number of nitrogens with two attached hydrogens (primary N) is 1. The van der Waals surface area contributed by atoms with Gasteiger partial charge in [0.2, 0.25) is 0 Å². The molecule has 2 rings (SSSR count). The fourth-order valence-corrected chi connectivity index (χ4v) is 2.77. The van der Waals surface area contributed by atoms with Crippen molar-refractivity contribution in [3.05, 3.63) is 52.2 Å². The lowest BCUT2D eigenvalue weighted by Gasteiger charge is -2.20. The molecule has 3 heteroatoms. The Kier molecular flexibility index (Phi) is 5.00. The van der Waals surface area contributed by atoms with Gasteiger partial charge in [-0.05, 0) is 42.0 Å². The van der Waals surface area contributed by atoms with E-state index in [0.29, 0.717) is 0 Å². The fraction of sp³-hybridized carbons (Fsp3) is 0.375. The second-order valence-electron chi connectivity index (χ2n) is 4.86. The second-order valence-corrected chi connectivity index (χ2v) is 5.89. The zero-order chi connectivity index (χ0) is 13.7. The first-order valence-corrected chi connectivity index (χ1v) is 7.67. The van der Waals surface area contributed by atoms with Crippen LogP contribution in [-0.4, -0.2) is 13.6 Å². The summed E-state index contributed by atoms with van der Waals surface area (Å²) < 4.78 is 0. The van der Waals surface area contributed by atoms with Gasteiger partial charge in [0.15, 0.2) is 0 Å². The lowest BCUT2D eigenvalue weighted by molar-refractivity contribution is 0.698. The summed E-state index contributed by atoms with van der Waals surface area (Å²) in [6, 6.07) is 13.1. The van der Waals surface area contributed by atoms with Crippen molar-refractivity contribution in [2.75, 3.05) is 18.5 Å². The molecule has 2 nitrogen and oxygen atoms in total. The van der Waals surface area contributed by atoms with Crippen LogP contribution in [-0.2, 0) is 6.42 Å². The van der Waals surface area contributed by atoms with Gasteiger partial charge in [0, 0.05) is 30.2 Å². The van der Waals surface area contributed by atoms with Crippen LogP contribution in [0.1, 0.15) is 29.8 Å². The minimum absolute atomic E-state index is 0.158. The number of rotatable bonds is 6. The number of hydrogen-bond donors (Lipinski definition) is 1. The van der Waals surface area contributed by atoms with Crippen LogP contribution in [0.15, 0.2) is 41.8 Å². The van der Waals surface area contributed by atoms with Gasteiger partial charge in [-0.1, -0.05) is 25.1 Å². The number of anilines is 1. The third-order valence-electron chi connectivity index (χ3n) is 3.48. The molecule has 0 aliphatic heterocycles. The maximum Gasteiger partial charge on any atom is 0.0363 e. The van der Waals surface area contributed by atoms with Crippen molar-refractivity contribution in [1.82, 2.24) is 0 Å². The molecule has 102 valence electrons. The number of likely N-dealkylation sites (N-methyl/N-ethyl adjacent to an activating group) is 1. The zero-order valence-corrected chi connectivity index (χ0v) is 12.5. The van der Waals surface area contributed by atoms with Crippen molar-refractivity contribution in [3.8, 4) is 0 Å². The van der Waals surface area contributed by atoms with Crippen molar-refractivity contribution in [2.24, 2.45) is 5.73 Å². The summed E-state index contributed by atoms with van der Waals surface area (Å²) >= 11 is 1.83. The summed E-state index contributed by atoms with van der Waals surface area (Å²) in [6.45, 7) is 3.16. The summed E-state index contributed by atoms with van der Waals surface area (Å²) in [6.07, 6.45) is 2.08. The lowest BCUT2D eigenvalue weighted by atomic mass is 10.1. The number of thiophene rings is 1. The minimum Gasteiger partial charge on any atom is -0.374 e. The van der Waals surface area contributed by atoms with Crippen LogP contribution in [0.4, 0.5) is 5.69 Å². The molecule has 0 amide bonds. The van der Waals surface area contributed by atoms with Gasteiger partial charge in [-0.15, -0.1) is 11.3 Å². The van der Waals surface area contributed by atoms with Crippen LogP contribution < -0.4 is 10.6 Å². The van der Waals surface area contributed by atoms with Crippen molar-refractivity contribution in [2.45, 2.75) is 25.8 Å². The molecule has 1 atom stereocenters. The Morgan fingerprint density at radius 1 is 1.21 bits per heavy atom. The maximum absolute atomic E-state index is 6.03. The average molecular weight is 274 g/mol. The molecule has 1 unspecified atom stereocenters. The van der Waals surface area contributed by atoms with Gasteiger partial charge >= 0.3 is 0 Å². The van der Waals surface area contributed by atoms with Gasteiger partial charge in [0.1, 0.15) is 0 Å². The van der Waals surface area contributed by atoms with E-state index in [0.717, 1.165) is 19.4 Å². The monoisotopic (exact) mass is 274 g/mol. The molecule has 0 fully saturated rings. The first kappa shape index (κ1) is 14.1. The molecular weight excluding hydrogens is 252 g/mol. The smallest absolute Gasteiger partial charge is 0.0363 e. The van der Waals surface area contributed by atoms with Crippen LogP contribution in [0.25, 0.3) is 0 Å². The molecule has 0 saturated heterocycles. The van der Waals surface area contributed by atoms with E-state index < -0.39 is 0 Å². The molecule has 1 heterocycles. The SMILES string of the molecule is CCC(N)c1ccc(N(C)CCc2cccs2)cc1. The van der Waals surface area contributed by atoms with Gasteiger partial charge in [0.05, 0.1) is 0 Å². The standard InChI is InChI=1S/C16H22N2S/c1-3-16(17)13-6-8-14(9-7-13)18(2)11-10-15-5-4-12-19-15/h4-9,12,16H,3,10-11,17H2,1-2H3. The first-order chi connectivity index (χ1) is 9.20. The molecule has 0 aliphatic carbocycles. The molecular formula is C16H22N2S. The first-order valence-electron chi connectivity index (χ1n) is 6.79. The number of benzene rings is 1. The average Bonchev–Trinajstić information content (AvgIpc) is 2.97. The third kappa shape index (κ3) is 3.82. The van der Waals surface area contributed by atoms with Gasteiger partial charge in [-0.3, -0.25) is 0 Å². The summed E-state index contributed by atoms with van der Waals surface area (Å²) in [5, 5.41) is 2.14. The van der Waals surface area contributed by atoms with Gasteiger partial charge in [-0.2, -0.15) is 0 Å². The third-order valence-corrected chi connectivity index (χ3v) is 4.41. The zero-order valence-electron chi connectivity index (χ0n) is 11.7. The Hall–Kier alpha value is -1.32. The highest BCUT2D eigenvalue weighted by Crippen LogP contribution is 2.19. The van der Waals surface area contributed by atoms with Gasteiger partial charge in [-0.25, -0.2) is 0 Å². The lowest BCUT2D eigenvalue weighted by Crippen LogP contribution is -2.20. The van der Waals surface area contributed by atoms with Crippen molar-refractivity contribution in [1.29, 1.82) is 0 Å². The Balaban J connectivity index is 1.93. The highest BCUT2D eigenvalue weighted by Gasteiger charge is 2.05. The molecule has 0 aliphatic rings. The van der Waals surface area contributed by atoms with E-state index in [1.807, 2.05) is 11.3 Å². The Bertz CT molecular complexity index is 476.